The van der Waals surface area contributed by atoms with Crippen LogP contribution in [0.15, 0.2) is 24.3 Å². The van der Waals surface area contributed by atoms with Crippen molar-refractivity contribution in [2.75, 3.05) is 27.3 Å². The van der Waals surface area contributed by atoms with Crippen molar-refractivity contribution in [3.8, 4) is 11.5 Å². The zero-order valence-corrected chi connectivity index (χ0v) is 12.3. The van der Waals surface area contributed by atoms with Gasteiger partial charge in [0.25, 0.3) is 0 Å². The Balaban J connectivity index is 1.70. The molecule has 0 atom stereocenters. The second kappa shape index (κ2) is 7.29. The number of ketones is 1. The van der Waals surface area contributed by atoms with Crippen molar-refractivity contribution in [3.05, 3.63) is 24.3 Å². The van der Waals surface area contributed by atoms with Crippen molar-refractivity contribution in [1.82, 2.24) is 4.90 Å². The molecule has 0 radical (unpaired) electrons. The maximum absolute atomic E-state index is 11.2. The molecular weight excluding hydrogens is 254 g/mol. The molecule has 1 saturated carbocycles. The highest BCUT2D eigenvalue weighted by Crippen LogP contribution is 2.20. The number of rotatable bonds is 6. The van der Waals surface area contributed by atoms with Crippen LogP contribution in [0.2, 0.25) is 0 Å². The minimum absolute atomic E-state index is 0.407. The standard InChI is InChI=1S/C16H23NO3/c1-17(13-3-5-14(18)6-4-13)11-12-20-16-9-7-15(19-2)8-10-16/h7-10,13H,3-6,11-12H2,1-2H3. The Morgan fingerprint density at radius 3 is 2.35 bits per heavy atom. The summed E-state index contributed by atoms with van der Waals surface area (Å²) in [5.41, 5.74) is 0. The second-order valence-corrected chi connectivity index (χ2v) is 5.27. The Labute approximate surface area is 120 Å². The van der Waals surface area contributed by atoms with Crippen molar-refractivity contribution in [2.45, 2.75) is 31.7 Å². The molecule has 1 aliphatic carbocycles. The van der Waals surface area contributed by atoms with E-state index in [1.807, 2.05) is 24.3 Å². The number of methoxy groups -OCH3 is 1. The molecule has 0 heterocycles. The van der Waals surface area contributed by atoms with E-state index >= 15 is 0 Å². The highest BCUT2D eigenvalue weighted by molar-refractivity contribution is 5.79. The van der Waals surface area contributed by atoms with Crippen LogP contribution < -0.4 is 9.47 Å². The van der Waals surface area contributed by atoms with E-state index in [1.54, 1.807) is 7.11 Å². The van der Waals surface area contributed by atoms with Crippen LogP contribution in [0.5, 0.6) is 11.5 Å². The van der Waals surface area contributed by atoms with E-state index in [0.29, 0.717) is 18.4 Å². The van der Waals surface area contributed by atoms with Gasteiger partial charge in [0.1, 0.15) is 23.9 Å². The van der Waals surface area contributed by atoms with E-state index < -0.39 is 0 Å². The Bertz CT molecular complexity index is 420. The average Bonchev–Trinajstić information content (AvgIpc) is 2.48. The van der Waals surface area contributed by atoms with Gasteiger partial charge in [0, 0.05) is 25.4 Å². The quantitative estimate of drug-likeness (QED) is 0.801. The molecule has 4 nitrogen and oxygen atoms in total. The number of carbonyl (C=O) groups is 1. The number of hydrogen-bond donors (Lipinski definition) is 0. The number of Topliss-reactive ketones (excluding diaryl/α,β-unsaturated/α-hetero) is 1. The molecule has 20 heavy (non-hydrogen) atoms. The van der Waals surface area contributed by atoms with Crippen LogP contribution in [0.3, 0.4) is 0 Å². The first-order valence-electron chi connectivity index (χ1n) is 7.18. The van der Waals surface area contributed by atoms with Crippen LogP contribution >= 0.6 is 0 Å². The fourth-order valence-corrected chi connectivity index (χ4v) is 2.53. The summed E-state index contributed by atoms with van der Waals surface area (Å²) < 4.78 is 10.8. The molecule has 2 rings (SSSR count). The topological polar surface area (TPSA) is 38.8 Å². The molecule has 1 aromatic carbocycles. The smallest absolute Gasteiger partial charge is 0.133 e. The van der Waals surface area contributed by atoms with Gasteiger partial charge in [-0.25, -0.2) is 0 Å². The SMILES string of the molecule is COc1ccc(OCCN(C)C2CCC(=O)CC2)cc1. The molecular formula is C16H23NO3. The Morgan fingerprint density at radius 2 is 1.75 bits per heavy atom. The van der Waals surface area contributed by atoms with Crippen molar-refractivity contribution in [1.29, 1.82) is 0 Å². The molecule has 0 bridgehead atoms. The van der Waals surface area contributed by atoms with Crippen LogP contribution in [0.1, 0.15) is 25.7 Å². The van der Waals surface area contributed by atoms with E-state index in [9.17, 15) is 4.79 Å². The fraction of sp³-hybridized carbons (Fsp3) is 0.562. The third-order valence-electron chi connectivity index (χ3n) is 3.91. The van der Waals surface area contributed by atoms with Gasteiger partial charge in [0.2, 0.25) is 0 Å². The lowest BCUT2D eigenvalue weighted by Gasteiger charge is -2.30. The molecule has 0 spiro atoms. The highest BCUT2D eigenvalue weighted by atomic mass is 16.5. The average molecular weight is 277 g/mol. The van der Waals surface area contributed by atoms with Gasteiger partial charge in [-0.15, -0.1) is 0 Å². The third kappa shape index (κ3) is 4.23. The number of carbonyl (C=O) groups excluding carboxylic acids is 1. The lowest BCUT2D eigenvalue weighted by Crippen LogP contribution is -2.37. The normalized spacial score (nSPS) is 16.4. The predicted molar refractivity (Wildman–Crippen MR) is 78.4 cm³/mol. The lowest BCUT2D eigenvalue weighted by atomic mass is 9.93. The zero-order valence-electron chi connectivity index (χ0n) is 12.3. The largest absolute Gasteiger partial charge is 0.497 e. The van der Waals surface area contributed by atoms with Gasteiger partial charge in [-0.3, -0.25) is 4.79 Å². The molecule has 0 amide bonds. The van der Waals surface area contributed by atoms with E-state index in [2.05, 4.69) is 11.9 Å². The summed E-state index contributed by atoms with van der Waals surface area (Å²) in [5.74, 6) is 2.10. The molecule has 0 unspecified atom stereocenters. The Hall–Kier alpha value is -1.55. The van der Waals surface area contributed by atoms with Gasteiger partial charge in [-0.1, -0.05) is 0 Å². The molecule has 1 aliphatic rings. The molecule has 0 N–H and O–H groups in total. The van der Waals surface area contributed by atoms with Crippen molar-refractivity contribution in [2.24, 2.45) is 0 Å². The van der Waals surface area contributed by atoms with Gasteiger partial charge in [0.15, 0.2) is 0 Å². The van der Waals surface area contributed by atoms with Crippen molar-refractivity contribution >= 4 is 5.78 Å². The summed E-state index contributed by atoms with van der Waals surface area (Å²) in [6.07, 6.45) is 3.43. The van der Waals surface area contributed by atoms with Crippen LogP contribution in [0.25, 0.3) is 0 Å². The number of benzene rings is 1. The van der Waals surface area contributed by atoms with E-state index in [-0.39, 0.29) is 0 Å². The summed E-state index contributed by atoms with van der Waals surface area (Å²) in [6.45, 7) is 1.54. The molecule has 0 aliphatic heterocycles. The Morgan fingerprint density at radius 1 is 1.15 bits per heavy atom. The van der Waals surface area contributed by atoms with Gasteiger partial charge in [-0.2, -0.15) is 0 Å². The van der Waals surface area contributed by atoms with Crippen molar-refractivity contribution < 1.29 is 14.3 Å². The van der Waals surface area contributed by atoms with Gasteiger partial charge in [-0.05, 0) is 44.2 Å². The minimum Gasteiger partial charge on any atom is -0.497 e. The molecule has 1 fully saturated rings. The van der Waals surface area contributed by atoms with Crippen LogP contribution in [-0.4, -0.2) is 44.0 Å². The van der Waals surface area contributed by atoms with Gasteiger partial charge in [0.05, 0.1) is 7.11 Å². The summed E-state index contributed by atoms with van der Waals surface area (Å²) >= 11 is 0. The number of likely N-dealkylation sites (N-methyl/N-ethyl adjacent to an activating group) is 1. The highest BCUT2D eigenvalue weighted by Gasteiger charge is 2.21. The van der Waals surface area contributed by atoms with Crippen LogP contribution in [0.4, 0.5) is 0 Å². The molecule has 1 aromatic rings. The molecule has 0 saturated heterocycles. The molecule has 0 aromatic heterocycles. The maximum atomic E-state index is 11.2. The van der Waals surface area contributed by atoms with E-state index in [0.717, 1.165) is 43.7 Å². The number of nitrogens with zero attached hydrogens (tertiary/aromatic N) is 1. The number of hydrogen-bond acceptors (Lipinski definition) is 4. The van der Waals surface area contributed by atoms with Crippen LogP contribution in [0, 0.1) is 0 Å². The van der Waals surface area contributed by atoms with E-state index in [1.165, 1.54) is 0 Å². The summed E-state index contributed by atoms with van der Waals surface area (Å²) in [6, 6.07) is 8.14. The third-order valence-corrected chi connectivity index (χ3v) is 3.91. The maximum Gasteiger partial charge on any atom is 0.133 e. The Kier molecular flexibility index (Phi) is 5.41. The monoisotopic (exact) mass is 277 g/mol. The van der Waals surface area contributed by atoms with Gasteiger partial charge < -0.3 is 14.4 Å². The first-order chi connectivity index (χ1) is 9.69. The fourth-order valence-electron chi connectivity index (χ4n) is 2.53. The van der Waals surface area contributed by atoms with Gasteiger partial charge >= 0.3 is 0 Å². The zero-order chi connectivity index (χ0) is 14.4. The van der Waals surface area contributed by atoms with Crippen LogP contribution in [-0.2, 0) is 4.79 Å². The summed E-state index contributed by atoms with van der Waals surface area (Å²) in [7, 11) is 3.76. The summed E-state index contributed by atoms with van der Waals surface area (Å²) in [4.78, 5) is 13.5. The predicted octanol–water partition coefficient (Wildman–Crippen LogP) is 2.52. The minimum atomic E-state index is 0.407. The second-order valence-electron chi connectivity index (χ2n) is 5.27. The lowest BCUT2D eigenvalue weighted by molar-refractivity contribution is -0.121. The first kappa shape index (κ1) is 14.9. The van der Waals surface area contributed by atoms with E-state index in [4.69, 9.17) is 9.47 Å². The summed E-state index contributed by atoms with van der Waals surface area (Å²) in [5, 5.41) is 0. The molecule has 110 valence electrons. The number of ether oxygens (including phenoxy) is 2. The van der Waals surface area contributed by atoms with Crippen molar-refractivity contribution in [3.63, 3.8) is 0 Å². The first-order valence-corrected chi connectivity index (χ1v) is 7.18. The molecule has 4 heteroatoms.